The van der Waals surface area contributed by atoms with Gasteiger partial charge in [-0.3, -0.25) is 4.90 Å². The summed E-state index contributed by atoms with van der Waals surface area (Å²) in [5.41, 5.74) is 0.807. The normalized spacial score (nSPS) is 15.4. The highest BCUT2D eigenvalue weighted by atomic mass is 35.5. The van der Waals surface area contributed by atoms with Crippen LogP contribution in [-0.4, -0.2) is 40.7 Å². The van der Waals surface area contributed by atoms with Crippen molar-refractivity contribution in [2.45, 2.75) is 25.9 Å². The maximum absolute atomic E-state index is 6.17. The molecule has 0 radical (unpaired) electrons. The fraction of sp³-hybridized carbons (Fsp3) is 0.467. The van der Waals surface area contributed by atoms with Crippen LogP contribution in [-0.2, 0) is 6.54 Å². The minimum absolute atomic E-state index is 0.554. The van der Waals surface area contributed by atoms with Gasteiger partial charge in [-0.1, -0.05) is 35.8 Å². The van der Waals surface area contributed by atoms with Gasteiger partial charge in [-0.25, -0.2) is 0 Å². The molecule has 5 nitrogen and oxygen atoms in total. The minimum atomic E-state index is 0.554. The highest BCUT2D eigenvalue weighted by Gasteiger charge is 2.25. The molecule has 0 aliphatic carbocycles. The van der Waals surface area contributed by atoms with Gasteiger partial charge in [-0.2, -0.15) is 4.98 Å². The molecule has 1 N–H and O–H groups in total. The second-order valence-electron chi connectivity index (χ2n) is 5.27. The van der Waals surface area contributed by atoms with Gasteiger partial charge >= 0.3 is 0 Å². The standard InChI is InChI=1S/C15H19ClN4O/c1-2-7-20(11-8-17-9-11)10-14-18-15(19-21-14)12-5-3-4-6-13(12)16/h3-6,11,17H,2,7-10H2,1H3. The van der Waals surface area contributed by atoms with Crippen LogP contribution in [0.4, 0.5) is 0 Å². The highest BCUT2D eigenvalue weighted by Crippen LogP contribution is 2.25. The third-order valence-corrected chi connectivity index (χ3v) is 4.04. The van der Waals surface area contributed by atoms with Crippen LogP contribution in [0, 0.1) is 0 Å². The predicted molar refractivity (Wildman–Crippen MR) is 82.1 cm³/mol. The smallest absolute Gasteiger partial charge is 0.241 e. The van der Waals surface area contributed by atoms with Crippen molar-refractivity contribution in [3.05, 3.63) is 35.2 Å². The molecule has 0 spiro atoms. The van der Waals surface area contributed by atoms with E-state index < -0.39 is 0 Å². The number of rotatable bonds is 6. The van der Waals surface area contributed by atoms with Crippen molar-refractivity contribution in [3.63, 3.8) is 0 Å². The number of benzene rings is 1. The molecule has 21 heavy (non-hydrogen) atoms. The van der Waals surface area contributed by atoms with Crippen molar-refractivity contribution in [1.29, 1.82) is 0 Å². The van der Waals surface area contributed by atoms with Gasteiger partial charge in [0.2, 0.25) is 11.7 Å². The lowest BCUT2D eigenvalue weighted by Crippen LogP contribution is -2.57. The summed E-state index contributed by atoms with van der Waals surface area (Å²) >= 11 is 6.17. The molecule has 2 aromatic rings. The summed E-state index contributed by atoms with van der Waals surface area (Å²) in [5.74, 6) is 1.20. The maximum atomic E-state index is 6.17. The molecule has 112 valence electrons. The Morgan fingerprint density at radius 2 is 2.19 bits per heavy atom. The van der Waals surface area contributed by atoms with Gasteiger partial charge in [0.05, 0.1) is 11.6 Å². The Morgan fingerprint density at radius 3 is 2.86 bits per heavy atom. The summed E-state index contributed by atoms with van der Waals surface area (Å²) in [5, 5.41) is 7.99. The quantitative estimate of drug-likeness (QED) is 0.889. The second kappa shape index (κ2) is 6.56. The summed E-state index contributed by atoms with van der Waals surface area (Å²) in [7, 11) is 0. The first-order valence-corrected chi connectivity index (χ1v) is 7.68. The molecule has 1 aliphatic heterocycles. The SMILES string of the molecule is CCCN(Cc1nc(-c2ccccc2Cl)no1)C1CNC1. The Bertz CT molecular complexity index is 597. The van der Waals surface area contributed by atoms with Crippen LogP contribution in [0.15, 0.2) is 28.8 Å². The monoisotopic (exact) mass is 306 g/mol. The first kappa shape index (κ1) is 14.5. The number of hydrogen-bond donors (Lipinski definition) is 1. The molecule has 0 amide bonds. The number of hydrogen-bond acceptors (Lipinski definition) is 5. The summed E-state index contributed by atoms with van der Waals surface area (Å²) in [6, 6.07) is 8.10. The molecule has 1 fully saturated rings. The summed E-state index contributed by atoms with van der Waals surface area (Å²) in [6.07, 6.45) is 1.11. The Morgan fingerprint density at radius 1 is 1.38 bits per heavy atom. The zero-order chi connectivity index (χ0) is 14.7. The van der Waals surface area contributed by atoms with Gasteiger partial charge in [0.25, 0.3) is 0 Å². The third-order valence-electron chi connectivity index (χ3n) is 3.71. The van der Waals surface area contributed by atoms with E-state index in [2.05, 4.69) is 27.3 Å². The molecule has 6 heteroatoms. The second-order valence-corrected chi connectivity index (χ2v) is 5.68. The summed E-state index contributed by atoms with van der Waals surface area (Å²) in [4.78, 5) is 6.87. The Labute approximate surface area is 129 Å². The third kappa shape index (κ3) is 3.26. The molecular weight excluding hydrogens is 288 g/mol. The van der Waals surface area contributed by atoms with Gasteiger partial charge in [0, 0.05) is 24.7 Å². The van der Waals surface area contributed by atoms with Crippen molar-refractivity contribution in [3.8, 4) is 11.4 Å². The van der Waals surface area contributed by atoms with E-state index in [-0.39, 0.29) is 0 Å². The first-order chi connectivity index (χ1) is 10.3. The lowest BCUT2D eigenvalue weighted by molar-refractivity contribution is 0.122. The predicted octanol–water partition coefficient (Wildman–Crippen LogP) is 2.57. The zero-order valence-corrected chi connectivity index (χ0v) is 12.8. The van der Waals surface area contributed by atoms with E-state index in [1.165, 1.54) is 0 Å². The highest BCUT2D eigenvalue weighted by molar-refractivity contribution is 6.33. The van der Waals surface area contributed by atoms with E-state index in [0.29, 0.717) is 29.3 Å². The van der Waals surface area contributed by atoms with Crippen LogP contribution in [0.1, 0.15) is 19.2 Å². The molecule has 0 atom stereocenters. The lowest BCUT2D eigenvalue weighted by atomic mass is 10.1. The van der Waals surface area contributed by atoms with Gasteiger partial charge in [-0.05, 0) is 25.1 Å². The summed E-state index contributed by atoms with van der Waals surface area (Å²) < 4.78 is 5.39. The van der Waals surface area contributed by atoms with Crippen LogP contribution in [0.5, 0.6) is 0 Å². The minimum Gasteiger partial charge on any atom is -0.338 e. The molecule has 0 saturated carbocycles. The van der Waals surface area contributed by atoms with Crippen LogP contribution in [0.2, 0.25) is 5.02 Å². The van der Waals surface area contributed by atoms with Crippen molar-refractivity contribution in [2.24, 2.45) is 0 Å². The van der Waals surface area contributed by atoms with Crippen molar-refractivity contribution in [1.82, 2.24) is 20.4 Å². The molecule has 1 saturated heterocycles. The van der Waals surface area contributed by atoms with Crippen LogP contribution < -0.4 is 5.32 Å². The number of halogens is 1. The van der Waals surface area contributed by atoms with E-state index in [1.807, 2.05) is 24.3 Å². The fourth-order valence-corrected chi connectivity index (χ4v) is 2.67. The van der Waals surface area contributed by atoms with E-state index >= 15 is 0 Å². The van der Waals surface area contributed by atoms with Crippen LogP contribution in [0.25, 0.3) is 11.4 Å². The maximum Gasteiger partial charge on any atom is 0.241 e. The molecule has 1 aromatic carbocycles. The van der Waals surface area contributed by atoms with Crippen LogP contribution in [0.3, 0.4) is 0 Å². The fourth-order valence-electron chi connectivity index (χ4n) is 2.45. The van der Waals surface area contributed by atoms with E-state index in [1.54, 1.807) is 0 Å². The average molecular weight is 307 g/mol. The molecule has 2 heterocycles. The van der Waals surface area contributed by atoms with Crippen LogP contribution >= 0.6 is 11.6 Å². The largest absolute Gasteiger partial charge is 0.338 e. The molecule has 0 bridgehead atoms. The van der Waals surface area contributed by atoms with Crippen molar-refractivity contribution in [2.75, 3.05) is 19.6 Å². The van der Waals surface area contributed by atoms with E-state index in [9.17, 15) is 0 Å². The topological polar surface area (TPSA) is 54.2 Å². The van der Waals surface area contributed by atoms with Gasteiger partial charge in [-0.15, -0.1) is 0 Å². The van der Waals surface area contributed by atoms with Crippen molar-refractivity contribution >= 4 is 11.6 Å². The zero-order valence-electron chi connectivity index (χ0n) is 12.1. The van der Waals surface area contributed by atoms with Gasteiger partial charge in [0.1, 0.15) is 0 Å². The molecule has 3 rings (SSSR count). The van der Waals surface area contributed by atoms with Crippen molar-refractivity contribution < 1.29 is 4.52 Å². The average Bonchev–Trinajstić information content (AvgIpc) is 2.86. The van der Waals surface area contributed by atoms with E-state index in [4.69, 9.17) is 16.1 Å². The lowest BCUT2D eigenvalue weighted by Gasteiger charge is -2.37. The molecular formula is C15H19ClN4O. The number of aromatic nitrogens is 2. The Kier molecular flexibility index (Phi) is 4.53. The first-order valence-electron chi connectivity index (χ1n) is 7.30. The Hall–Kier alpha value is -1.43. The number of nitrogens with zero attached hydrogens (tertiary/aromatic N) is 3. The molecule has 1 aliphatic rings. The number of nitrogens with one attached hydrogen (secondary N) is 1. The molecule has 0 unspecified atom stereocenters. The van der Waals surface area contributed by atoms with Gasteiger partial charge < -0.3 is 9.84 Å². The van der Waals surface area contributed by atoms with E-state index in [0.717, 1.165) is 31.6 Å². The Balaban J connectivity index is 1.73. The molecule has 1 aromatic heterocycles. The summed E-state index contributed by atoms with van der Waals surface area (Å²) in [6.45, 7) is 5.98. The van der Waals surface area contributed by atoms with Gasteiger partial charge in [0.15, 0.2) is 0 Å².